The third kappa shape index (κ3) is 8.33. The third-order valence-corrected chi connectivity index (χ3v) is 6.46. The summed E-state index contributed by atoms with van der Waals surface area (Å²) in [5, 5.41) is 0.840. The molecule has 1 aromatic carbocycles. The number of hydrogen-bond donors (Lipinski definition) is 0. The van der Waals surface area contributed by atoms with Crippen LogP contribution < -0.4 is 14.2 Å². The SMILES string of the molecule is CCC(CC)[C@@H](Oc1ccc(Cl)cc1Cl)[C@H](C)OC(=O)[C@H](C)CC(=O)c1nccc(OC)c1OC(C)=O. The van der Waals surface area contributed by atoms with Crippen LogP contribution in [0.25, 0.3) is 0 Å². The van der Waals surface area contributed by atoms with Gasteiger partial charge in [-0.2, -0.15) is 0 Å². The molecule has 10 heteroatoms. The predicted molar refractivity (Wildman–Crippen MR) is 141 cm³/mol. The molecule has 2 aromatic rings. The molecule has 8 nitrogen and oxygen atoms in total. The Morgan fingerprint density at radius 2 is 1.70 bits per heavy atom. The van der Waals surface area contributed by atoms with E-state index in [1.807, 2.05) is 13.8 Å². The molecule has 37 heavy (non-hydrogen) atoms. The maximum absolute atomic E-state index is 13.0. The van der Waals surface area contributed by atoms with E-state index >= 15 is 0 Å². The highest BCUT2D eigenvalue weighted by molar-refractivity contribution is 6.35. The Labute approximate surface area is 227 Å². The van der Waals surface area contributed by atoms with Crippen molar-refractivity contribution in [3.8, 4) is 17.2 Å². The van der Waals surface area contributed by atoms with Gasteiger partial charge < -0.3 is 18.9 Å². The van der Waals surface area contributed by atoms with Gasteiger partial charge in [-0.3, -0.25) is 14.4 Å². The zero-order valence-electron chi connectivity index (χ0n) is 21.9. The molecule has 1 heterocycles. The van der Waals surface area contributed by atoms with Crippen LogP contribution >= 0.6 is 23.2 Å². The molecule has 0 amide bonds. The lowest BCUT2D eigenvalue weighted by Crippen LogP contribution is -2.40. The highest BCUT2D eigenvalue weighted by atomic mass is 35.5. The van der Waals surface area contributed by atoms with Crippen LogP contribution in [0.3, 0.4) is 0 Å². The first-order valence-electron chi connectivity index (χ1n) is 12.1. The van der Waals surface area contributed by atoms with Gasteiger partial charge in [0.2, 0.25) is 5.75 Å². The molecule has 0 radical (unpaired) electrons. The van der Waals surface area contributed by atoms with Crippen molar-refractivity contribution in [2.45, 2.75) is 66.1 Å². The van der Waals surface area contributed by atoms with E-state index in [0.717, 1.165) is 12.8 Å². The molecule has 0 saturated carbocycles. The maximum Gasteiger partial charge on any atom is 0.309 e. The average molecular weight is 554 g/mol. The Morgan fingerprint density at radius 1 is 1.03 bits per heavy atom. The Kier molecular flexibility index (Phi) is 11.7. The number of esters is 2. The zero-order valence-corrected chi connectivity index (χ0v) is 23.4. The van der Waals surface area contributed by atoms with Crippen LogP contribution in [0, 0.1) is 11.8 Å². The lowest BCUT2D eigenvalue weighted by atomic mass is 9.92. The summed E-state index contributed by atoms with van der Waals surface area (Å²) in [5.41, 5.74) is -0.0992. The Hall–Kier alpha value is -2.84. The number of ketones is 1. The monoisotopic (exact) mass is 553 g/mol. The fraction of sp³-hybridized carbons (Fsp3) is 0.481. The van der Waals surface area contributed by atoms with Gasteiger partial charge in [0.25, 0.3) is 0 Å². The van der Waals surface area contributed by atoms with Crippen molar-refractivity contribution in [3.05, 3.63) is 46.2 Å². The molecule has 0 spiro atoms. The van der Waals surface area contributed by atoms with Crippen LogP contribution in [0.2, 0.25) is 10.0 Å². The summed E-state index contributed by atoms with van der Waals surface area (Å²) in [6.07, 6.45) is 1.64. The summed E-state index contributed by atoms with van der Waals surface area (Å²) in [4.78, 5) is 41.5. The molecule has 0 aliphatic rings. The fourth-order valence-electron chi connectivity index (χ4n) is 3.90. The number of hydrogen-bond acceptors (Lipinski definition) is 8. The molecule has 0 aliphatic heterocycles. The molecule has 0 saturated heterocycles. The molecule has 0 bridgehead atoms. The Bertz CT molecular complexity index is 1100. The van der Waals surface area contributed by atoms with Gasteiger partial charge in [-0.25, -0.2) is 4.98 Å². The van der Waals surface area contributed by atoms with Crippen molar-refractivity contribution in [3.63, 3.8) is 0 Å². The van der Waals surface area contributed by atoms with Gasteiger partial charge >= 0.3 is 11.9 Å². The molecule has 2 rings (SSSR count). The molecule has 3 atom stereocenters. The second-order valence-corrected chi connectivity index (χ2v) is 9.53. The van der Waals surface area contributed by atoms with Crippen molar-refractivity contribution in [1.82, 2.24) is 4.98 Å². The maximum atomic E-state index is 13.0. The highest BCUT2D eigenvalue weighted by Crippen LogP contribution is 2.33. The predicted octanol–water partition coefficient (Wildman–Crippen LogP) is 6.35. The second-order valence-electron chi connectivity index (χ2n) is 8.69. The Morgan fingerprint density at radius 3 is 2.27 bits per heavy atom. The number of nitrogens with zero attached hydrogens (tertiary/aromatic N) is 1. The number of carbonyl (C=O) groups excluding carboxylic acids is 3. The number of benzene rings is 1. The van der Waals surface area contributed by atoms with Crippen molar-refractivity contribution >= 4 is 40.9 Å². The van der Waals surface area contributed by atoms with Crippen LogP contribution in [-0.2, 0) is 14.3 Å². The van der Waals surface area contributed by atoms with Crippen molar-refractivity contribution in [1.29, 1.82) is 0 Å². The summed E-state index contributed by atoms with van der Waals surface area (Å²) in [6.45, 7) is 8.61. The second kappa shape index (κ2) is 14.2. The highest BCUT2D eigenvalue weighted by Gasteiger charge is 2.32. The van der Waals surface area contributed by atoms with E-state index in [0.29, 0.717) is 15.8 Å². The first-order valence-corrected chi connectivity index (χ1v) is 12.8. The van der Waals surface area contributed by atoms with Gasteiger partial charge in [0.1, 0.15) is 18.0 Å². The summed E-state index contributed by atoms with van der Waals surface area (Å²) in [7, 11) is 1.38. The van der Waals surface area contributed by atoms with Gasteiger partial charge in [0.05, 0.1) is 18.1 Å². The number of pyridine rings is 1. The number of methoxy groups -OCH3 is 1. The molecule has 0 N–H and O–H groups in total. The lowest BCUT2D eigenvalue weighted by molar-refractivity contribution is -0.158. The largest absolute Gasteiger partial charge is 0.493 e. The number of aromatic nitrogens is 1. The summed E-state index contributed by atoms with van der Waals surface area (Å²) < 4.78 is 22.3. The molecule has 0 aliphatic carbocycles. The van der Waals surface area contributed by atoms with Gasteiger partial charge in [-0.05, 0) is 43.9 Å². The van der Waals surface area contributed by atoms with E-state index in [9.17, 15) is 14.4 Å². The molecular weight excluding hydrogens is 521 g/mol. The minimum atomic E-state index is -0.797. The molecule has 1 aromatic heterocycles. The fourth-order valence-corrected chi connectivity index (χ4v) is 4.36. The summed E-state index contributed by atoms with van der Waals surface area (Å²) in [5.74, 6) is -1.87. The van der Waals surface area contributed by atoms with Crippen LogP contribution in [0.4, 0.5) is 0 Å². The molecule has 202 valence electrons. The summed E-state index contributed by atoms with van der Waals surface area (Å²) >= 11 is 12.3. The number of Topliss-reactive ketones (excluding diaryl/α,β-unsaturated/α-hetero) is 1. The quantitative estimate of drug-likeness (QED) is 0.209. The number of rotatable bonds is 13. The standard InChI is InChI=1S/C27H33Cl2NO7/c1-7-18(8-2)25(37-22-10-9-19(28)14-20(22)29)16(4)35-27(33)15(3)13-21(32)24-26(36-17(5)31)23(34-6)11-12-30-24/h9-12,14-16,18,25H,7-8,13H2,1-6H3/t15-,16+,25+/m1/s1. The topological polar surface area (TPSA) is 101 Å². The van der Waals surface area contributed by atoms with Crippen molar-refractivity contribution < 1.29 is 33.3 Å². The molecular formula is C27H33Cl2NO7. The molecule has 0 fully saturated rings. The lowest BCUT2D eigenvalue weighted by Gasteiger charge is -2.32. The van der Waals surface area contributed by atoms with E-state index in [-0.39, 0.29) is 29.5 Å². The molecule has 0 unspecified atom stereocenters. The minimum Gasteiger partial charge on any atom is -0.493 e. The third-order valence-electron chi connectivity index (χ3n) is 5.93. The zero-order chi connectivity index (χ0) is 27.7. The average Bonchev–Trinajstić information content (AvgIpc) is 2.84. The van der Waals surface area contributed by atoms with E-state index in [4.69, 9.17) is 42.1 Å². The number of carbonyl (C=O) groups is 3. The van der Waals surface area contributed by atoms with Gasteiger partial charge in [-0.15, -0.1) is 0 Å². The van der Waals surface area contributed by atoms with Crippen molar-refractivity contribution in [2.75, 3.05) is 7.11 Å². The van der Waals surface area contributed by atoms with Gasteiger partial charge in [0, 0.05) is 30.6 Å². The van der Waals surface area contributed by atoms with Gasteiger partial charge in [0.15, 0.2) is 17.2 Å². The summed E-state index contributed by atoms with van der Waals surface area (Å²) in [6, 6.07) is 6.41. The first kappa shape index (κ1) is 30.4. The van der Waals surface area contributed by atoms with Gasteiger partial charge in [-0.1, -0.05) is 44.0 Å². The normalized spacial score (nSPS) is 13.4. The number of ether oxygens (including phenoxy) is 4. The van der Waals surface area contributed by atoms with Crippen LogP contribution in [0.5, 0.6) is 17.2 Å². The van der Waals surface area contributed by atoms with E-state index in [1.54, 1.807) is 32.0 Å². The van der Waals surface area contributed by atoms with Crippen LogP contribution in [0.15, 0.2) is 30.5 Å². The first-order chi connectivity index (χ1) is 17.5. The van der Waals surface area contributed by atoms with Crippen molar-refractivity contribution in [2.24, 2.45) is 11.8 Å². The van der Waals surface area contributed by atoms with Crippen LogP contribution in [-0.4, -0.2) is 42.0 Å². The van der Waals surface area contributed by atoms with Crippen LogP contribution in [0.1, 0.15) is 64.4 Å². The van der Waals surface area contributed by atoms with E-state index < -0.39 is 35.8 Å². The minimum absolute atomic E-state index is 0.0822. The smallest absolute Gasteiger partial charge is 0.309 e. The Balaban J connectivity index is 2.17. The van der Waals surface area contributed by atoms with E-state index in [1.165, 1.54) is 26.3 Å². The number of halogens is 2. The van der Waals surface area contributed by atoms with E-state index in [2.05, 4.69) is 4.98 Å².